The molecule has 0 aliphatic heterocycles. The van der Waals surface area contributed by atoms with Gasteiger partial charge in [-0.3, -0.25) is 14.4 Å². The third kappa shape index (κ3) is 6.33. The van der Waals surface area contributed by atoms with Crippen LogP contribution < -0.4 is 0 Å². The first-order valence-corrected chi connectivity index (χ1v) is 15.3. The molecule has 5 heteroatoms. The van der Waals surface area contributed by atoms with E-state index in [1.165, 1.54) is 83.1 Å². The molecule has 0 aromatic heterocycles. The lowest BCUT2D eigenvalue weighted by atomic mass is 9.44. The molecule has 0 aromatic rings. The summed E-state index contributed by atoms with van der Waals surface area (Å²) in [7, 11) is 0. The van der Waals surface area contributed by atoms with Gasteiger partial charge < -0.3 is 9.84 Å². The maximum absolute atomic E-state index is 12.9. The molecule has 0 aromatic carbocycles. The van der Waals surface area contributed by atoms with Crippen LogP contribution in [0.1, 0.15) is 130 Å². The van der Waals surface area contributed by atoms with Gasteiger partial charge in [-0.1, -0.05) is 70.8 Å². The van der Waals surface area contributed by atoms with Crippen LogP contribution in [0.5, 0.6) is 0 Å². The van der Waals surface area contributed by atoms with Crippen molar-refractivity contribution in [2.45, 2.75) is 136 Å². The quantitative estimate of drug-likeness (QED) is 0.213. The summed E-state index contributed by atoms with van der Waals surface area (Å²) in [5, 5.41) is 8.75. The summed E-state index contributed by atoms with van der Waals surface area (Å²) in [5.74, 6) is 1.74. The van der Waals surface area contributed by atoms with Crippen molar-refractivity contribution in [3.05, 3.63) is 11.6 Å². The molecule has 208 valence electrons. The van der Waals surface area contributed by atoms with Crippen molar-refractivity contribution in [3.63, 3.8) is 0 Å². The van der Waals surface area contributed by atoms with Crippen molar-refractivity contribution < 1.29 is 24.2 Å². The van der Waals surface area contributed by atoms with Crippen molar-refractivity contribution in [1.29, 1.82) is 0 Å². The smallest absolute Gasteiger partial charge is 0.303 e. The maximum Gasteiger partial charge on any atom is 0.303 e. The van der Waals surface area contributed by atoms with Crippen molar-refractivity contribution in [1.82, 2.24) is 0 Å². The molecule has 7 atom stereocenters. The van der Waals surface area contributed by atoms with Gasteiger partial charge >= 0.3 is 11.9 Å². The van der Waals surface area contributed by atoms with E-state index in [4.69, 9.17) is 9.84 Å². The van der Waals surface area contributed by atoms with Gasteiger partial charge in [-0.15, -0.1) is 0 Å². The number of aliphatic carboxylic acids is 1. The summed E-state index contributed by atoms with van der Waals surface area (Å²) in [5.41, 5.74) is 1.80. The molecule has 0 bridgehead atoms. The van der Waals surface area contributed by atoms with Crippen LogP contribution in [0.2, 0.25) is 0 Å². The summed E-state index contributed by atoms with van der Waals surface area (Å²) in [4.78, 5) is 35.2. The Morgan fingerprint density at radius 1 is 0.973 bits per heavy atom. The summed E-state index contributed by atoms with van der Waals surface area (Å²) in [6.45, 7) is 6.34. The van der Waals surface area contributed by atoms with Crippen molar-refractivity contribution in [3.8, 4) is 0 Å². The average Bonchev–Trinajstić information content (AvgIpc) is 3.22. The van der Waals surface area contributed by atoms with E-state index in [0.717, 1.165) is 37.5 Å². The predicted octanol–water partition coefficient (Wildman–Crippen LogP) is 7.66. The van der Waals surface area contributed by atoms with Gasteiger partial charge in [0, 0.05) is 19.8 Å². The normalized spacial score (nSPS) is 36.8. The second kappa shape index (κ2) is 12.0. The molecular formula is C32H50O5. The first kappa shape index (κ1) is 28.4. The summed E-state index contributed by atoms with van der Waals surface area (Å²) >= 11 is 0. The lowest BCUT2D eigenvalue weighted by Crippen LogP contribution is -2.54. The minimum absolute atomic E-state index is 0.00950. The van der Waals surface area contributed by atoms with Crippen LogP contribution in [0.4, 0.5) is 0 Å². The number of carboxylic acid groups (broad SMARTS) is 1. The van der Waals surface area contributed by atoms with Gasteiger partial charge in [0.1, 0.15) is 0 Å². The summed E-state index contributed by atoms with van der Waals surface area (Å²) in [6, 6.07) is 0. The molecule has 4 rings (SSSR count). The second-order valence-corrected chi connectivity index (χ2v) is 13.4. The van der Waals surface area contributed by atoms with Gasteiger partial charge in [0.25, 0.3) is 0 Å². The van der Waals surface area contributed by atoms with Gasteiger partial charge in [0.2, 0.25) is 0 Å². The monoisotopic (exact) mass is 514 g/mol. The number of ketones is 1. The van der Waals surface area contributed by atoms with E-state index in [1.54, 1.807) is 0 Å². The van der Waals surface area contributed by atoms with Crippen molar-refractivity contribution >= 4 is 17.7 Å². The highest BCUT2D eigenvalue weighted by Crippen LogP contribution is 2.67. The number of carbonyl (C=O) groups excluding carboxylic acids is 2. The Hall–Kier alpha value is -1.65. The highest BCUT2D eigenvalue weighted by atomic mass is 16.5. The highest BCUT2D eigenvalue weighted by molar-refractivity contribution is 5.96. The second-order valence-electron chi connectivity index (χ2n) is 13.4. The highest BCUT2D eigenvalue weighted by Gasteiger charge is 2.59. The molecule has 4 unspecified atom stereocenters. The summed E-state index contributed by atoms with van der Waals surface area (Å²) < 4.78 is 5.52. The third-order valence-electron chi connectivity index (χ3n) is 11.0. The van der Waals surface area contributed by atoms with E-state index in [1.807, 2.05) is 6.08 Å². The van der Waals surface area contributed by atoms with Crippen LogP contribution in [0, 0.1) is 34.5 Å². The fourth-order valence-electron chi connectivity index (χ4n) is 9.07. The van der Waals surface area contributed by atoms with E-state index in [9.17, 15) is 14.4 Å². The minimum atomic E-state index is -0.682. The van der Waals surface area contributed by atoms with Gasteiger partial charge in [-0.25, -0.2) is 0 Å². The molecule has 0 radical (unpaired) electrons. The van der Waals surface area contributed by atoms with Crippen LogP contribution in [-0.4, -0.2) is 28.9 Å². The lowest BCUT2D eigenvalue weighted by Gasteiger charge is -2.60. The Morgan fingerprint density at radius 3 is 2.32 bits per heavy atom. The molecule has 0 heterocycles. The van der Waals surface area contributed by atoms with E-state index in [-0.39, 0.29) is 17.2 Å². The van der Waals surface area contributed by atoms with Crippen LogP contribution in [0.15, 0.2) is 11.6 Å². The number of ether oxygens (including phenoxy) is 1. The van der Waals surface area contributed by atoms with Gasteiger partial charge in [0.15, 0.2) is 11.9 Å². The molecule has 0 saturated heterocycles. The topological polar surface area (TPSA) is 80.7 Å². The number of hydrogen-bond donors (Lipinski definition) is 1. The number of esters is 1. The zero-order valence-electron chi connectivity index (χ0n) is 23.6. The standard InChI is InChI=1S/C32H50O5/c1-22(33)37-28-21-32(3)24(20-27(28)34)19-23(13-10-8-6-4-5-7-9-11-15-29(35)36)30-25-14-12-17-31(25,2)18-16-26(30)32/h20,23,25-26,28,30H,4-19,21H2,1-3H3,(H,35,36)/t23-,25?,26?,28?,30?,31+,32+/m1/s1. The molecule has 0 amide bonds. The lowest BCUT2D eigenvalue weighted by molar-refractivity contribution is -0.156. The van der Waals surface area contributed by atoms with Gasteiger partial charge in [0.05, 0.1) is 0 Å². The number of carbonyl (C=O) groups is 3. The molecule has 3 saturated carbocycles. The predicted molar refractivity (Wildman–Crippen MR) is 145 cm³/mol. The zero-order valence-corrected chi connectivity index (χ0v) is 23.6. The number of allylic oxidation sites excluding steroid dienone is 1. The minimum Gasteiger partial charge on any atom is -0.481 e. The number of carboxylic acids is 1. The first-order chi connectivity index (χ1) is 17.6. The summed E-state index contributed by atoms with van der Waals surface area (Å²) in [6.07, 6.45) is 20.4. The molecular weight excluding hydrogens is 464 g/mol. The molecule has 0 spiro atoms. The molecule has 4 aliphatic carbocycles. The Bertz CT molecular complexity index is 876. The molecule has 3 fully saturated rings. The molecule has 4 aliphatic rings. The number of hydrogen-bond acceptors (Lipinski definition) is 4. The third-order valence-corrected chi connectivity index (χ3v) is 11.0. The van der Waals surface area contributed by atoms with E-state index >= 15 is 0 Å². The van der Waals surface area contributed by atoms with Crippen LogP contribution >= 0.6 is 0 Å². The fraction of sp³-hybridized carbons (Fsp3) is 0.844. The molecule has 5 nitrogen and oxygen atoms in total. The van der Waals surface area contributed by atoms with E-state index in [2.05, 4.69) is 13.8 Å². The Balaban J connectivity index is 1.37. The first-order valence-electron chi connectivity index (χ1n) is 15.3. The number of fused-ring (bicyclic) bond motifs is 5. The van der Waals surface area contributed by atoms with Gasteiger partial charge in [-0.05, 0) is 85.5 Å². The zero-order chi connectivity index (χ0) is 26.6. The largest absolute Gasteiger partial charge is 0.481 e. The van der Waals surface area contributed by atoms with Crippen LogP contribution in [0.3, 0.4) is 0 Å². The Kier molecular flexibility index (Phi) is 9.22. The fourth-order valence-corrected chi connectivity index (χ4v) is 9.07. The van der Waals surface area contributed by atoms with Crippen LogP contribution in [0.25, 0.3) is 0 Å². The number of unbranched alkanes of at least 4 members (excludes halogenated alkanes) is 7. The molecule has 1 N–H and O–H groups in total. The van der Waals surface area contributed by atoms with E-state index in [0.29, 0.717) is 30.1 Å². The van der Waals surface area contributed by atoms with Crippen molar-refractivity contribution in [2.75, 3.05) is 0 Å². The van der Waals surface area contributed by atoms with Crippen LogP contribution in [-0.2, 0) is 19.1 Å². The average molecular weight is 515 g/mol. The maximum atomic E-state index is 12.9. The Labute approximate surface area is 224 Å². The van der Waals surface area contributed by atoms with Gasteiger partial charge in [-0.2, -0.15) is 0 Å². The Morgan fingerprint density at radius 2 is 1.65 bits per heavy atom. The van der Waals surface area contributed by atoms with Crippen molar-refractivity contribution in [2.24, 2.45) is 34.5 Å². The molecule has 37 heavy (non-hydrogen) atoms. The number of rotatable bonds is 12. The SMILES string of the molecule is CC(=O)OC1C[C@@]2(C)C(=CC1=O)C[C@@H](CCCCCCCCCCC(=O)O)C1C3CCC[C@@]3(C)CCC12. The van der Waals surface area contributed by atoms with E-state index < -0.39 is 12.1 Å².